The van der Waals surface area contributed by atoms with E-state index in [0.29, 0.717) is 0 Å². The first-order valence-electron chi connectivity index (χ1n) is 9.54. The van der Waals surface area contributed by atoms with Crippen molar-refractivity contribution in [2.75, 3.05) is 31.5 Å². The molecule has 1 aromatic heterocycles. The van der Waals surface area contributed by atoms with Gasteiger partial charge in [0.2, 0.25) is 0 Å². The Kier molecular flexibility index (Phi) is 6.09. The molecule has 1 fully saturated rings. The van der Waals surface area contributed by atoms with Crippen LogP contribution in [0.5, 0.6) is 0 Å². The molecule has 2 heterocycles. The number of rotatable bonds is 2. The molecule has 9 nitrogen and oxygen atoms in total. The second-order valence-corrected chi connectivity index (χ2v) is 7.95. The second kappa shape index (κ2) is 8.44. The van der Waals surface area contributed by atoms with E-state index in [1.807, 2.05) is 0 Å². The fraction of sp³-hybridized carbons (Fsp3) is 0.474. The lowest BCUT2D eigenvalue weighted by molar-refractivity contribution is -0.136. The van der Waals surface area contributed by atoms with Crippen LogP contribution < -0.4 is 5.32 Å². The van der Waals surface area contributed by atoms with Gasteiger partial charge in [-0.25, -0.2) is 19.3 Å². The summed E-state index contributed by atoms with van der Waals surface area (Å²) in [5.41, 5.74) is -1.84. The van der Waals surface area contributed by atoms with E-state index in [0.717, 1.165) is 6.07 Å². The lowest BCUT2D eigenvalue weighted by Crippen LogP contribution is -2.52. The van der Waals surface area contributed by atoms with E-state index in [1.165, 1.54) is 39.3 Å². The summed E-state index contributed by atoms with van der Waals surface area (Å²) in [4.78, 5) is 31.2. The van der Waals surface area contributed by atoms with Gasteiger partial charge in [0.15, 0.2) is 0 Å². The van der Waals surface area contributed by atoms with E-state index < -0.39 is 29.5 Å². The van der Waals surface area contributed by atoms with Crippen molar-refractivity contribution >= 4 is 17.8 Å². The third kappa shape index (κ3) is 5.64. The van der Waals surface area contributed by atoms with Crippen LogP contribution in [0.4, 0.5) is 28.4 Å². The molecule has 3 rings (SSSR count). The Morgan fingerprint density at radius 2 is 1.71 bits per heavy atom. The van der Waals surface area contributed by atoms with E-state index in [4.69, 9.17) is 4.74 Å². The highest BCUT2D eigenvalue weighted by Gasteiger charge is 2.35. The number of aromatic nitrogens is 3. The van der Waals surface area contributed by atoms with Crippen LogP contribution in [0, 0.1) is 0 Å². The molecule has 0 radical (unpaired) electrons. The maximum Gasteiger partial charge on any atom is 0.418 e. The fourth-order valence-electron chi connectivity index (χ4n) is 2.97. The van der Waals surface area contributed by atoms with E-state index in [9.17, 15) is 22.8 Å². The Hall–Kier alpha value is -3.31. The zero-order chi connectivity index (χ0) is 22.8. The molecule has 1 aromatic carbocycles. The minimum Gasteiger partial charge on any atom is -0.444 e. The zero-order valence-corrected chi connectivity index (χ0v) is 17.3. The number of alkyl halides is 3. The molecule has 0 unspecified atom stereocenters. The summed E-state index contributed by atoms with van der Waals surface area (Å²) >= 11 is 0. The van der Waals surface area contributed by atoms with E-state index in [-0.39, 0.29) is 37.6 Å². The van der Waals surface area contributed by atoms with Crippen LogP contribution >= 0.6 is 0 Å². The average Bonchev–Trinajstić information content (AvgIpc) is 3.21. The summed E-state index contributed by atoms with van der Waals surface area (Å²) in [6, 6.07) is 2.79. The SMILES string of the molecule is CC(C)(C)OC(=O)N1CCN(C(=O)Nc2ccc(-n3cncn3)cc2C(F)(F)F)CC1. The number of nitrogens with one attached hydrogen (secondary N) is 1. The van der Waals surface area contributed by atoms with Gasteiger partial charge in [-0.3, -0.25) is 0 Å². The minimum atomic E-state index is -4.69. The van der Waals surface area contributed by atoms with Crippen molar-refractivity contribution in [2.45, 2.75) is 32.5 Å². The summed E-state index contributed by atoms with van der Waals surface area (Å²) in [5.74, 6) is 0. The summed E-state index contributed by atoms with van der Waals surface area (Å²) in [5, 5.41) is 6.15. The van der Waals surface area contributed by atoms with Crippen molar-refractivity contribution < 1.29 is 27.5 Å². The normalized spacial score (nSPS) is 15.0. The number of hydrogen-bond donors (Lipinski definition) is 1. The monoisotopic (exact) mass is 440 g/mol. The van der Waals surface area contributed by atoms with Crippen LogP contribution in [0.25, 0.3) is 5.69 Å². The van der Waals surface area contributed by atoms with Gasteiger partial charge in [0.1, 0.15) is 18.3 Å². The topological polar surface area (TPSA) is 92.6 Å². The minimum absolute atomic E-state index is 0.161. The first kappa shape index (κ1) is 22.4. The molecule has 1 aliphatic heterocycles. The Labute approximate surface area is 176 Å². The molecule has 1 saturated heterocycles. The number of ether oxygens (including phenoxy) is 1. The van der Waals surface area contributed by atoms with Crippen LogP contribution in [0.1, 0.15) is 26.3 Å². The van der Waals surface area contributed by atoms with Gasteiger partial charge < -0.3 is 19.9 Å². The lowest BCUT2D eigenvalue weighted by atomic mass is 10.1. The zero-order valence-electron chi connectivity index (χ0n) is 17.3. The second-order valence-electron chi connectivity index (χ2n) is 7.95. The number of urea groups is 1. The van der Waals surface area contributed by atoms with Gasteiger partial charge in [0, 0.05) is 26.2 Å². The first-order valence-corrected chi connectivity index (χ1v) is 9.54. The van der Waals surface area contributed by atoms with Crippen LogP contribution in [0.15, 0.2) is 30.9 Å². The van der Waals surface area contributed by atoms with Gasteiger partial charge in [-0.1, -0.05) is 0 Å². The molecule has 1 aliphatic rings. The lowest BCUT2D eigenvalue weighted by Gasteiger charge is -2.35. The van der Waals surface area contributed by atoms with Crippen LogP contribution in [-0.4, -0.2) is 68.5 Å². The summed E-state index contributed by atoms with van der Waals surface area (Å²) in [7, 11) is 0. The van der Waals surface area contributed by atoms with Crippen LogP contribution in [0.3, 0.4) is 0 Å². The van der Waals surface area contributed by atoms with Crippen molar-refractivity contribution in [3.8, 4) is 5.69 Å². The molecule has 2 aromatic rings. The Bertz CT molecular complexity index is 932. The molecule has 0 atom stereocenters. The molecular formula is C19H23F3N6O3. The predicted octanol–water partition coefficient (Wildman–Crippen LogP) is 3.37. The highest BCUT2D eigenvalue weighted by atomic mass is 19.4. The van der Waals surface area contributed by atoms with Crippen LogP contribution in [-0.2, 0) is 10.9 Å². The molecular weight excluding hydrogens is 417 g/mol. The fourth-order valence-corrected chi connectivity index (χ4v) is 2.97. The molecule has 12 heteroatoms. The average molecular weight is 440 g/mol. The number of carbonyl (C=O) groups excluding carboxylic acids is 2. The van der Waals surface area contributed by atoms with Gasteiger partial charge in [0.25, 0.3) is 0 Å². The Balaban J connectivity index is 1.67. The first-order chi connectivity index (χ1) is 14.4. The van der Waals surface area contributed by atoms with Gasteiger partial charge in [-0.05, 0) is 39.0 Å². The van der Waals surface area contributed by atoms with Crippen molar-refractivity contribution in [2.24, 2.45) is 0 Å². The summed E-state index contributed by atoms with van der Waals surface area (Å²) in [6.45, 7) is 6.04. The number of halogens is 3. The summed E-state index contributed by atoms with van der Waals surface area (Å²) < 4.78 is 47.2. The number of benzene rings is 1. The molecule has 31 heavy (non-hydrogen) atoms. The van der Waals surface area contributed by atoms with Crippen molar-refractivity contribution in [3.05, 3.63) is 36.4 Å². The highest BCUT2D eigenvalue weighted by Crippen LogP contribution is 2.36. The van der Waals surface area contributed by atoms with E-state index in [2.05, 4.69) is 15.4 Å². The van der Waals surface area contributed by atoms with Crippen molar-refractivity contribution in [3.63, 3.8) is 0 Å². The maximum atomic E-state index is 13.6. The van der Waals surface area contributed by atoms with E-state index in [1.54, 1.807) is 20.8 Å². The number of amides is 3. The van der Waals surface area contributed by atoms with Crippen LogP contribution in [0.2, 0.25) is 0 Å². The van der Waals surface area contributed by atoms with Crippen molar-refractivity contribution in [1.29, 1.82) is 0 Å². The third-order valence-electron chi connectivity index (χ3n) is 4.45. The number of nitrogens with zero attached hydrogens (tertiary/aromatic N) is 5. The van der Waals surface area contributed by atoms with Crippen molar-refractivity contribution in [1.82, 2.24) is 24.6 Å². The van der Waals surface area contributed by atoms with Gasteiger partial charge >= 0.3 is 18.3 Å². The highest BCUT2D eigenvalue weighted by molar-refractivity contribution is 5.90. The molecule has 168 valence electrons. The molecule has 0 aliphatic carbocycles. The van der Waals surface area contributed by atoms with Gasteiger partial charge in [0.05, 0.1) is 16.9 Å². The number of hydrogen-bond acceptors (Lipinski definition) is 5. The Morgan fingerprint density at radius 1 is 1.06 bits per heavy atom. The molecule has 3 amide bonds. The maximum absolute atomic E-state index is 13.6. The standard InChI is InChI=1S/C19H23F3N6O3/c1-18(2,3)31-17(30)27-8-6-26(7-9-27)16(29)25-15-5-4-13(28-12-23-11-24-28)10-14(15)19(20,21)22/h4-5,10-12H,6-9H2,1-3H3,(H,25,29). The van der Waals surface area contributed by atoms with Gasteiger partial charge in [-0.15, -0.1) is 0 Å². The summed E-state index contributed by atoms with van der Waals surface area (Å²) in [6.07, 6.45) is -2.69. The number of carbonyl (C=O) groups is 2. The third-order valence-corrected chi connectivity index (χ3v) is 4.45. The Morgan fingerprint density at radius 3 is 2.26 bits per heavy atom. The number of piperazine rings is 1. The molecule has 0 spiro atoms. The molecule has 0 bridgehead atoms. The largest absolute Gasteiger partial charge is 0.444 e. The molecule has 0 saturated carbocycles. The molecule has 1 N–H and O–H groups in total. The van der Waals surface area contributed by atoms with E-state index >= 15 is 0 Å². The smallest absolute Gasteiger partial charge is 0.418 e. The quantitative estimate of drug-likeness (QED) is 0.773. The predicted molar refractivity (Wildman–Crippen MR) is 105 cm³/mol. The van der Waals surface area contributed by atoms with Gasteiger partial charge in [-0.2, -0.15) is 18.3 Å². The number of anilines is 1.